The fourth-order valence-corrected chi connectivity index (χ4v) is 1.27. The molecule has 1 saturated carbocycles. The second kappa shape index (κ2) is 3.74. The Morgan fingerprint density at radius 2 is 2.46 bits per heavy atom. The Hall–Kier alpha value is -1.10. The minimum absolute atomic E-state index is 0.323. The summed E-state index contributed by atoms with van der Waals surface area (Å²) in [4.78, 5) is 3.82. The van der Waals surface area contributed by atoms with Gasteiger partial charge in [-0.15, -0.1) is 5.10 Å². The van der Waals surface area contributed by atoms with E-state index in [1.807, 2.05) is 0 Å². The Morgan fingerprint density at radius 3 is 3.00 bits per heavy atom. The van der Waals surface area contributed by atoms with Crippen LogP contribution in [0.3, 0.4) is 0 Å². The van der Waals surface area contributed by atoms with Crippen LogP contribution in [0.2, 0.25) is 0 Å². The Labute approximate surface area is 76.9 Å². The van der Waals surface area contributed by atoms with E-state index in [1.165, 1.54) is 19.3 Å². The first-order chi connectivity index (χ1) is 6.34. The zero-order valence-corrected chi connectivity index (χ0v) is 7.52. The molecule has 1 heterocycles. The van der Waals surface area contributed by atoms with E-state index >= 15 is 0 Å². The van der Waals surface area contributed by atoms with Crippen molar-refractivity contribution < 1.29 is 4.74 Å². The van der Waals surface area contributed by atoms with Crippen LogP contribution in [0.25, 0.3) is 0 Å². The van der Waals surface area contributed by atoms with Crippen molar-refractivity contribution >= 4 is 5.95 Å². The number of nitrogen functional groups attached to an aromatic ring is 1. The molecular weight excluding hydrogens is 168 g/mol. The largest absolute Gasteiger partial charge is 0.376 e. The molecule has 0 bridgehead atoms. The average Bonchev–Trinajstić information content (AvgIpc) is 2.42. The maximum absolute atomic E-state index is 5.56. The SMILES string of the molecule is Nc1ncn(CCOC2CCC2)n1. The molecule has 0 atom stereocenters. The molecule has 0 unspecified atom stereocenters. The Morgan fingerprint density at radius 1 is 1.62 bits per heavy atom. The van der Waals surface area contributed by atoms with Crippen LogP contribution in [-0.4, -0.2) is 27.5 Å². The third kappa shape index (κ3) is 2.18. The van der Waals surface area contributed by atoms with Crippen LogP contribution >= 0.6 is 0 Å². The van der Waals surface area contributed by atoms with Crippen LogP contribution in [0.5, 0.6) is 0 Å². The number of nitrogens with zero attached hydrogens (tertiary/aromatic N) is 3. The molecule has 0 spiro atoms. The summed E-state index contributed by atoms with van der Waals surface area (Å²) in [5, 5.41) is 3.95. The van der Waals surface area contributed by atoms with Crippen molar-refractivity contribution in [1.82, 2.24) is 14.8 Å². The van der Waals surface area contributed by atoms with Gasteiger partial charge in [0, 0.05) is 0 Å². The molecular formula is C8H14N4O. The average molecular weight is 182 g/mol. The predicted octanol–water partition coefficient (Wildman–Crippen LogP) is 0.429. The van der Waals surface area contributed by atoms with Gasteiger partial charge in [-0.25, -0.2) is 9.67 Å². The van der Waals surface area contributed by atoms with Crippen molar-refractivity contribution in [1.29, 1.82) is 0 Å². The summed E-state index contributed by atoms with van der Waals surface area (Å²) < 4.78 is 7.26. The summed E-state index contributed by atoms with van der Waals surface area (Å²) in [6, 6.07) is 0. The van der Waals surface area contributed by atoms with Gasteiger partial charge in [-0.1, -0.05) is 0 Å². The predicted molar refractivity (Wildman–Crippen MR) is 48.0 cm³/mol. The van der Waals surface area contributed by atoms with Gasteiger partial charge >= 0.3 is 0 Å². The van der Waals surface area contributed by atoms with Crippen LogP contribution in [0.15, 0.2) is 6.33 Å². The highest BCUT2D eigenvalue weighted by Crippen LogP contribution is 2.21. The van der Waals surface area contributed by atoms with Crippen LogP contribution in [-0.2, 0) is 11.3 Å². The number of anilines is 1. The molecule has 0 saturated heterocycles. The lowest BCUT2D eigenvalue weighted by Gasteiger charge is -2.25. The normalized spacial score (nSPS) is 17.2. The van der Waals surface area contributed by atoms with Gasteiger partial charge < -0.3 is 10.5 Å². The monoisotopic (exact) mass is 182 g/mol. The number of hydrogen-bond acceptors (Lipinski definition) is 4. The zero-order chi connectivity index (χ0) is 9.10. The first-order valence-corrected chi connectivity index (χ1v) is 4.61. The van der Waals surface area contributed by atoms with Crippen molar-refractivity contribution in [3.8, 4) is 0 Å². The molecule has 0 radical (unpaired) electrons. The second-order valence-electron chi connectivity index (χ2n) is 3.29. The number of aromatic nitrogens is 3. The minimum Gasteiger partial charge on any atom is -0.376 e. The van der Waals surface area contributed by atoms with E-state index in [4.69, 9.17) is 10.5 Å². The van der Waals surface area contributed by atoms with E-state index in [0.717, 1.165) is 6.54 Å². The first-order valence-electron chi connectivity index (χ1n) is 4.61. The molecule has 5 nitrogen and oxygen atoms in total. The van der Waals surface area contributed by atoms with Gasteiger partial charge in [0.25, 0.3) is 0 Å². The Bertz CT molecular complexity index is 269. The van der Waals surface area contributed by atoms with Crippen LogP contribution in [0.4, 0.5) is 5.95 Å². The van der Waals surface area contributed by atoms with E-state index in [1.54, 1.807) is 11.0 Å². The fourth-order valence-electron chi connectivity index (χ4n) is 1.27. The lowest BCUT2D eigenvalue weighted by molar-refractivity contribution is -0.00235. The van der Waals surface area contributed by atoms with E-state index in [9.17, 15) is 0 Å². The summed E-state index contributed by atoms with van der Waals surface area (Å²) in [7, 11) is 0. The summed E-state index contributed by atoms with van der Waals surface area (Å²) in [6.07, 6.45) is 5.83. The fraction of sp³-hybridized carbons (Fsp3) is 0.750. The highest BCUT2D eigenvalue weighted by Gasteiger charge is 2.17. The molecule has 13 heavy (non-hydrogen) atoms. The first kappa shape index (κ1) is 8.50. The van der Waals surface area contributed by atoms with E-state index in [-0.39, 0.29) is 0 Å². The minimum atomic E-state index is 0.323. The quantitative estimate of drug-likeness (QED) is 0.733. The van der Waals surface area contributed by atoms with Gasteiger partial charge in [0.05, 0.1) is 19.3 Å². The van der Waals surface area contributed by atoms with Crippen LogP contribution in [0, 0.1) is 0 Å². The molecule has 1 aromatic heterocycles. The van der Waals surface area contributed by atoms with E-state index in [0.29, 0.717) is 18.7 Å². The number of hydrogen-bond donors (Lipinski definition) is 1. The van der Waals surface area contributed by atoms with Crippen molar-refractivity contribution in [2.45, 2.75) is 31.9 Å². The van der Waals surface area contributed by atoms with Crippen molar-refractivity contribution in [3.63, 3.8) is 0 Å². The molecule has 1 fully saturated rings. The Balaban J connectivity index is 1.67. The molecule has 2 rings (SSSR count). The molecule has 0 aliphatic heterocycles. The van der Waals surface area contributed by atoms with Gasteiger partial charge in [0.1, 0.15) is 6.33 Å². The summed E-state index contributed by atoms with van der Waals surface area (Å²) in [5.74, 6) is 0.323. The molecule has 1 aromatic rings. The van der Waals surface area contributed by atoms with Gasteiger partial charge in [-0.3, -0.25) is 0 Å². The van der Waals surface area contributed by atoms with E-state index in [2.05, 4.69) is 10.1 Å². The third-order valence-corrected chi connectivity index (χ3v) is 2.28. The van der Waals surface area contributed by atoms with Crippen molar-refractivity contribution in [3.05, 3.63) is 6.33 Å². The maximum Gasteiger partial charge on any atom is 0.239 e. The van der Waals surface area contributed by atoms with Gasteiger partial charge in [0.15, 0.2) is 0 Å². The van der Waals surface area contributed by atoms with Gasteiger partial charge in [-0.2, -0.15) is 0 Å². The van der Waals surface area contributed by atoms with Gasteiger partial charge in [0.2, 0.25) is 5.95 Å². The maximum atomic E-state index is 5.56. The highest BCUT2D eigenvalue weighted by atomic mass is 16.5. The lowest BCUT2D eigenvalue weighted by Crippen LogP contribution is -2.23. The number of ether oxygens (including phenoxy) is 1. The summed E-state index contributed by atoms with van der Waals surface area (Å²) >= 11 is 0. The second-order valence-corrected chi connectivity index (χ2v) is 3.29. The molecule has 5 heteroatoms. The molecule has 0 aromatic carbocycles. The zero-order valence-electron chi connectivity index (χ0n) is 7.52. The summed E-state index contributed by atoms with van der Waals surface area (Å²) in [6.45, 7) is 1.44. The molecule has 1 aliphatic carbocycles. The molecule has 72 valence electrons. The highest BCUT2D eigenvalue weighted by molar-refractivity contribution is 5.09. The number of rotatable bonds is 4. The summed E-state index contributed by atoms with van der Waals surface area (Å²) in [5.41, 5.74) is 5.36. The Kier molecular flexibility index (Phi) is 2.44. The topological polar surface area (TPSA) is 66.0 Å². The molecule has 1 aliphatic rings. The standard InChI is InChI=1S/C8H14N4O/c9-8-10-6-12(11-8)4-5-13-7-2-1-3-7/h6-7H,1-5H2,(H2,9,11). The molecule has 2 N–H and O–H groups in total. The van der Waals surface area contributed by atoms with Gasteiger partial charge in [-0.05, 0) is 19.3 Å². The van der Waals surface area contributed by atoms with E-state index < -0.39 is 0 Å². The van der Waals surface area contributed by atoms with Crippen LogP contribution < -0.4 is 5.73 Å². The number of nitrogens with two attached hydrogens (primary N) is 1. The van der Waals surface area contributed by atoms with Crippen molar-refractivity contribution in [2.24, 2.45) is 0 Å². The van der Waals surface area contributed by atoms with Crippen molar-refractivity contribution in [2.75, 3.05) is 12.3 Å². The van der Waals surface area contributed by atoms with Crippen LogP contribution in [0.1, 0.15) is 19.3 Å². The molecule has 0 amide bonds. The lowest BCUT2D eigenvalue weighted by atomic mass is 9.96. The smallest absolute Gasteiger partial charge is 0.239 e. The third-order valence-electron chi connectivity index (χ3n) is 2.28.